The third-order valence-electron chi connectivity index (χ3n) is 4.64. The SMILES string of the molecule is O=C(/C=C\c1ccccc1)Oc1ccc2ccc(OC(=O)/C=C/c3ccccc3)cc2c1. The lowest BCUT2D eigenvalue weighted by atomic mass is 10.1. The van der Waals surface area contributed by atoms with Crippen LogP contribution in [0.25, 0.3) is 22.9 Å². The molecule has 0 saturated carbocycles. The van der Waals surface area contributed by atoms with Gasteiger partial charge in [0.05, 0.1) is 0 Å². The largest absolute Gasteiger partial charge is 0.423 e. The Morgan fingerprint density at radius 3 is 1.41 bits per heavy atom. The molecule has 4 heteroatoms. The van der Waals surface area contributed by atoms with Gasteiger partial charge in [-0.1, -0.05) is 72.8 Å². The van der Waals surface area contributed by atoms with Gasteiger partial charge in [-0.05, 0) is 58.3 Å². The first-order valence-corrected chi connectivity index (χ1v) is 10.1. The molecule has 0 spiro atoms. The van der Waals surface area contributed by atoms with E-state index in [-0.39, 0.29) is 0 Å². The van der Waals surface area contributed by atoms with Gasteiger partial charge in [0.25, 0.3) is 0 Å². The van der Waals surface area contributed by atoms with Crippen LogP contribution in [0.5, 0.6) is 11.5 Å². The van der Waals surface area contributed by atoms with Gasteiger partial charge >= 0.3 is 11.9 Å². The van der Waals surface area contributed by atoms with E-state index in [2.05, 4.69) is 0 Å². The van der Waals surface area contributed by atoms with Crippen LogP contribution < -0.4 is 9.47 Å². The van der Waals surface area contributed by atoms with Gasteiger partial charge in [0.15, 0.2) is 0 Å². The fourth-order valence-electron chi connectivity index (χ4n) is 3.09. The topological polar surface area (TPSA) is 52.6 Å². The van der Waals surface area contributed by atoms with E-state index in [1.54, 1.807) is 36.4 Å². The molecule has 0 heterocycles. The molecule has 4 rings (SSSR count). The predicted molar refractivity (Wildman–Crippen MR) is 126 cm³/mol. The van der Waals surface area contributed by atoms with Gasteiger partial charge in [0, 0.05) is 12.2 Å². The number of rotatable bonds is 6. The number of esters is 2. The van der Waals surface area contributed by atoms with Crippen molar-refractivity contribution in [1.82, 2.24) is 0 Å². The minimum Gasteiger partial charge on any atom is -0.423 e. The van der Waals surface area contributed by atoms with Gasteiger partial charge < -0.3 is 9.47 Å². The lowest BCUT2D eigenvalue weighted by Crippen LogP contribution is -2.04. The maximum absolute atomic E-state index is 12.1. The van der Waals surface area contributed by atoms with Crippen LogP contribution in [0.1, 0.15) is 11.1 Å². The summed E-state index contributed by atoms with van der Waals surface area (Å²) in [6.07, 6.45) is 6.17. The fraction of sp³-hybridized carbons (Fsp3) is 0. The summed E-state index contributed by atoms with van der Waals surface area (Å²) in [5, 5.41) is 1.73. The highest BCUT2D eigenvalue weighted by Gasteiger charge is 2.06. The van der Waals surface area contributed by atoms with E-state index < -0.39 is 11.9 Å². The number of carbonyl (C=O) groups is 2. The minimum atomic E-state index is -0.471. The smallest absolute Gasteiger partial charge is 0.336 e. The molecule has 0 aromatic heterocycles. The number of hydrogen-bond donors (Lipinski definition) is 0. The van der Waals surface area contributed by atoms with Crippen molar-refractivity contribution in [2.75, 3.05) is 0 Å². The van der Waals surface area contributed by atoms with Crippen molar-refractivity contribution in [2.45, 2.75) is 0 Å². The number of ether oxygens (including phenoxy) is 2. The van der Waals surface area contributed by atoms with Gasteiger partial charge in [0.2, 0.25) is 0 Å². The van der Waals surface area contributed by atoms with Crippen molar-refractivity contribution in [2.24, 2.45) is 0 Å². The lowest BCUT2D eigenvalue weighted by Gasteiger charge is -2.06. The highest BCUT2D eigenvalue weighted by Crippen LogP contribution is 2.25. The molecule has 0 bridgehead atoms. The molecule has 4 nitrogen and oxygen atoms in total. The summed E-state index contributed by atoms with van der Waals surface area (Å²) in [4.78, 5) is 24.3. The van der Waals surface area contributed by atoms with Crippen LogP contribution in [-0.2, 0) is 9.59 Å². The Morgan fingerprint density at radius 2 is 0.969 bits per heavy atom. The Bertz CT molecular complexity index is 1190. The lowest BCUT2D eigenvalue weighted by molar-refractivity contribution is -0.129. The molecule has 4 aromatic rings. The van der Waals surface area contributed by atoms with Crippen molar-refractivity contribution in [3.05, 3.63) is 120 Å². The summed E-state index contributed by atoms with van der Waals surface area (Å²) < 4.78 is 10.8. The van der Waals surface area contributed by atoms with Gasteiger partial charge in [-0.25, -0.2) is 9.59 Å². The summed E-state index contributed by atoms with van der Waals surface area (Å²) in [7, 11) is 0. The van der Waals surface area contributed by atoms with Crippen molar-refractivity contribution in [3.63, 3.8) is 0 Å². The monoisotopic (exact) mass is 420 g/mol. The van der Waals surface area contributed by atoms with E-state index in [9.17, 15) is 9.59 Å². The molecule has 0 N–H and O–H groups in total. The second-order valence-electron chi connectivity index (χ2n) is 7.00. The van der Waals surface area contributed by atoms with E-state index in [0.717, 1.165) is 21.9 Å². The van der Waals surface area contributed by atoms with Crippen LogP contribution >= 0.6 is 0 Å². The summed E-state index contributed by atoms with van der Waals surface area (Å²) in [5.74, 6) is -0.121. The van der Waals surface area contributed by atoms with Crippen LogP contribution in [0.4, 0.5) is 0 Å². The van der Waals surface area contributed by atoms with Crippen LogP contribution in [-0.4, -0.2) is 11.9 Å². The van der Waals surface area contributed by atoms with Crippen molar-refractivity contribution in [1.29, 1.82) is 0 Å². The van der Waals surface area contributed by atoms with E-state index in [0.29, 0.717) is 11.5 Å². The normalized spacial score (nSPS) is 11.1. The standard InChI is InChI=1S/C28H20O4/c29-27(17-11-21-7-3-1-4-8-21)31-25-15-13-23-14-16-26(20-24(23)19-25)32-28(30)18-12-22-9-5-2-6-10-22/h1-20H/b17-11-,18-12+. The summed E-state index contributed by atoms with van der Waals surface area (Å²) in [6.45, 7) is 0. The van der Waals surface area contributed by atoms with E-state index in [4.69, 9.17) is 9.47 Å². The summed E-state index contributed by atoms with van der Waals surface area (Å²) in [5.41, 5.74) is 1.83. The molecular weight excluding hydrogens is 400 g/mol. The predicted octanol–water partition coefficient (Wildman–Crippen LogP) is 6.08. The number of carbonyl (C=O) groups excluding carboxylic acids is 2. The molecule has 0 atom stereocenters. The minimum absolute atomic E-state index is 0.410. The zero-order valence-electron chi connectivity index (χ0n) is 17.2. The maximum atomic E-state index is 12.1. The highest BCUT2D eigenvalue weighted by molar-refractivity contribution is 5.92. The molecule has 0 aliphatic rings. The molecule has 32 heavy (non-hydrogen) atoms. The third-order valence-corrected chi connectivity index (χ3v) is 4.64. The van der Waals surface area contributed by atoms with Crippen LogP contribution in [0.15, 0.2) is 109 Å². The molecule has 156 valence electrons. The van der Waals surface area contributed by atoms with Gasteiger partial charge in [-0.15, -0.1) is 0 Å². The molecular formula is C28H20O4. The zero-order valence-corrected chi connectivity index (χ0v) is 17.2. The molecule has 0 radical (unpaired) electrons. The van der Waals surface area contributed by atoms with Gasteiger partial charge in [-0.3, -0.25) is 0 Å². The average molecular weight is 420 g/mol. The Morgan fingerprint density at radius 1 is 0.531 bits per heavy atom. The first-order valence-electron chi connectivity index (χ1n) is 10.1. The molecule has 0 aliphatic heterocycles. The quantitative estimate of drug-likeness (QED) is 0.216. The summed E-state index contributed by atoms with van der Waals surface area (Å²) >= 11 is 0. The van der Waals surface area contributed by atoms with E-state index >= 15 is 0 Å². The molecule has 0 saturated heterocycles. The van der Waals surface area contributed by atoms with Gasteiger partial charge in [0.1, 0.15) is 11.5 Å². The third kappa shape index (κ3) is 5.80. The zero-order chi connectivity index (χ0) is 22.2. The van der Waals surface area contributed by atoms with Crippen LogP contribution in [0, 0.1) is 0 Å². The molecule has 0 aliphatic carbocycles. The second-order valence-corrected chi connectivity index (χ2v) is 7.00. The Hall–Kier alpha value is -4.44. The Kier molecular flexibility index (Phi) is 6.54. The molecule has 0 unspecified atom stereocenters. The van der Waals surface area contributed by atoms with Crippen LogP contribution in [0.2, 0.25) is 0 Å². The molecule has 4 aromatic carbocycles. The number of fused-ring (bicyclic) bond motifs is 1. The summed E-state index contributed by atoms with van der Waals surface area (Å²) in [6, 6.07) is 29.6. The molecule has 0 fully saturated rings. The maximum Gasteiger partial charge on any atom is 0.336 e. The highest BCUT2D eigenvalue weighted by atomic mass is 16.5. The molecule has 0 amide bonds. The van der Waals surface area contributed by atoms with Crippen molar-refractivity contribution in [3.8, 4) is 11.5 Å². The second kappa shape index (κ2) is 10.0. The van der Waals surface area contributed by atoms with Gasteiger partial charge in [-0.2, -0.15) is 0 Å². The van der Waals surface area contributed by atoms with E-state index in [1.807, 2.05) is 72.8 Å². The average Bonchev–Trinajstić information content (AvgIpc) is 2.82. The number of benzene rings is 4. The number of hydrogen-bond acceptors (Lipinski definition) is 4. The first-order chi connectivity index (χ1) is 15.7. The first kappa shape index (κ1) is 20.8. The Balaban J connectivity index is 1.43. The van der Waals surface area contributed by atoms with Crippen molar-refractivity contribution < 1.29 is 19.1 Å². The van der Waals surface area contributed by atoms with Crippen molar-refractivity contribution >= 4 is 34.9 Å². The van der Waals surface area contributed by atoms with E-state index in [1.165, 1.54) is 12.2 Å². The Labute approximate surface area is 186 Å². The fourth-order valence-corrected chi connectivity index (χ4v) is 3.09. The van der Waals surface area contributed by atoms with Crippen LogP contribution in [0.3, 0.4) is 0 Å².